The van der Waals surface area contributed by atoms with Crippen LogP contribution in [0, 0.1) is 6.92 Å². The van der Waals surface area contributed by atoms with Crippen molar-refractivity contribution in [3.05, 3.63) is 41.0 Å². The van der Waals surface area contributed by atoms with Gasteiger partial charge in [0.05, 0.1) is 12.7 Å². The summed E-state index contributed by atoms with van der Waals surface area (Å²) in [4.78, 5) is 29.3. The number of aliphatic hydroxyl groups excluding tert-OH is 1. The van der Waals surface area contributed by atoms with Crippen molar-refractivity contribution in [1.29, 1.82) is 0 Å². The average molecular weight is 371 g/mol. The number of aryl methyl sites for hydroxylation is 1. The van der Waals surface area contributed by atoms with Gasteiger partial charge in [-0.2, -0.15) is 4.98 Å². The Balaban J connectivity index is 1.67. The summed E-state index contributed by atoms with van der Waals surface area (Å²) in [5.74, 6) is 0.396. The van der Waals surface area contributed by atoms with Crippen LogP contribution in [0.3, 0.4) is 0 Å². The molecule has 2 aromatic heterocycles. The summed E-state index contributed by atoms with van der Waals surface area (Å²) in [5, 5.41) is 10.1. The fourth-order valence-corrected chi connectivity index (χ4v) is 3.66. The highest BCUT2D eigenvalue weighted by Gasteiger charge is 2.37. The third-order valence-electron chi connectivity index (χ3n) is 3.85. The first kappa shape index (κ1) is 17.8. The molecule has 0 bridgehead atoms. The largest absolute Gasteiger partial charge is 0.437 e. The monoisotopic (exact) mass is 371 g/mol. The smallest absolute Gasteiger partial charge is 0.390 e. The molecule has 25 heavy (non-hydrogen) atoms. The van der Waals surface area contributed by atoms with Crippen molar-refractivity contribution in [3.63, 3.8) is 0 Å². The molecule has 11 nitrogen and oxygen atoms in total. The van der Waals surface area contributed by atoms with Crippen LogP contribution in [0.15, 0.2) is 29.5 Å². The second-order valence-corrected chi connectivity index (χ2v) is 7.25. The van der Waals surface area contributed by atoms with E-state index in [1.54, 1.807) is 6.92 Å². The number of nitrogens with zero attached hydrogens (tertiary/aromatic N) is 4. The van der Waals surface area contributed by atoms with Crippen molar-refractivity contribution >= 4 is 13.6 Å². The first-order chi connectivity index (χ1) is 11.8. The summed E-state index contributed by atoms with van der Waals surface area (Å²) in [7, 11) is -4.16. The molecule has 2 aromatic rings. The highest BCUT2D eigenvalue weighted by atomic mass is 31.2. The Labute approximate surface area is 142 Å². The second-order valence-electron chi connectivity index (χ2n) is 5.58. The zero-order chi connectivity index (χ0) is 18.2. The van der Waals surface area contributed by atoms with Crippen LogP contribution >= 0.6 is 7.75 Å². The maximum absolute atomic E-state index is 12.2. The van der Waals surface area contributed by atoms with E-state index in [1.807, 2.05) is 0 Å². The number of hydrogen-bond acceptors (Lipinski definition) is 8. The number of aliphatic hydroxyl groups is 1. The zero-order valence-electron chi connectivity index (χ0n) is 13.3. The van der Waals surface area contributed by atoms with Crippen molar-refractivity contribution in [2.24, 2.45) is 0 Å². The zero-order valence-corrected chi connectivity index (χ0v) is 14.2. The Morgan fingerprint density at radius 2 is 2.28 bits per heavy atom. The van der Waals surface area contributed by atoms with Crippen LogP contribution in [0.1, 0.15) is 18.5 Å². The van der Waals surface area contributed by atoms with Gasteiger partial charge in [0, 0.05) is 25.0 Å². The summed E-state index contributed by atoms with van der Waals surface area (Å²) in [5.41, 5.74) is 4.82. The summed E-state index contributed by atoms with van der Waals surface area (Å²) in [6.45, 7) is 1.23. The van der Waals surface area contributed by atoms with E-state index >= 15 is 0 Å². The molecule has 1 unspecified atom stereocenters. The molecule has 1 saturated heterocycles. The number of anilines is 1. The molecule has 4 atom stereocenters. The first-order valence-electron chi connectivity index (χ1n) is 7.44. The van der Waals surface area contributed by atoms with Crippen LogP contribution in [0.5, 0.6) is 0 Å². The topological polar surface area (TPSA) is 155 Å². The predicted octanol–water partition coefficient (Wildman–Crippen LogP) is -0.356. The summed E-state index contributed by atoms with van der Waals surface area (Å²) >= 11 is 0. The fraction of sp³-hybridized carbons (Fsp3) is 0.462. The molecular weight excluding hydrogens is 353 g/mol. The summed E-state index contributed by atoms with van der Waals surface area (Å²) in [6, 6.07) is 1.44. The maximum Gasteiger partial charge on any atom is 0.437 e. The van der Waals surface area contributed by atoms with E-state index in [4.69, 9.17) is 15.0 Å². The van der Waals surface area contributed by atoms with E-state index in [0.717, 1.165) is 4.34 Å². The Morgan fingerprint density at radius 1 is 1.52 bits per heavy atom. The molecule has 0 aromatic carbocycles. The lowest BCUT2D eigenvalue weighted by molar-refractivity contribution is -0.0427. The van der Waals surface area contributed by atoms with E-state index in [0.29, 0.717) is 5.82 Å². The van der Waals surface area contributed by atoms with Gasteiger partial charge >= 0.3 is 13.4 Å². The Hall–Kier alpha value is -2.04. The van der Waals surface area contributed by atoms with Gasteiger partial charge < -0.3 is 20.5 Å². The molecule has 0 spiro atoms. The van der Waals surface area contributed by atoms with Crippen molar-refractivity contribution in [3.8, 4) is 0 Å². The molecule has 0 saturated carbocycles. The van der Waals surface area contributed by atoms with Crippen molar-refractivity contribution in [2.45, 2.75) is 31.8 Å². The van der Waals surface area contributed by atoms with Gasteiger partial charge in [-0.15, -0.1) is 0 Å². The predicted molar refractivity (Wildman–Crippen MR) is 85.6 cm³/mol. The molecule has 1 fully saturated rings. The summed E-state index contributed by atoms with van der Waals surface area (Å²) < 4.78 is 25.1. The van der Waals surface area contributed by atoms with E-state index < -0.39 is 31.9 Å². The Morgan fingerprint density at radius 3 is 2.92 bits per heavy atom. The minimum atomic E-state index is -4.16. The van der Waals surface area contributed by atoms with Gasteiger partial charge in [-0.1, -0.05) is 0 Å². The minimum Gasteiger partial charge on any atom is -0.390 e. The molecule has 136 valence electrons. The molecule has 0 amide bonds. The molecule has 1 aliphatic heterocycles. The Kier molecular flexibility index (Phi) is 4.76. The van der Waals surface area contributed by atoms with Crippen LogP contribution in [0.25, 0.3) is 0 Å². The maximum atomic E-state index is 12.2. The van der Waals surface area contributed by atoms with Crippen molar-refractivity contribution < 1.29 is 23.8 Å². The minimum absolute atomic E-state index is 0.0802. The van der Waals surface area contributed by atoms with Gasteiger partial charge in [-0.25, -0.2) is 18.7 Å². The normalized spacial score (nSPS) is 25.8. The number of nitrogens with two attached hydrogens (primary N) is 1. The van der Waals surface area contributed by atoms with Gasteiger partial charge in [0.2, 0.25) is 0 Å². The van der Waals surface area contributed by atoms with Gasteiger partial charge in [-0.3, -0.25) is 9.09 Å². The highest BCUT2D eigenvalue weighted by Crippen LogP contribution is 2.45. The molecule has 0 radical (unpaired) electrons. The van der Waals surface area contributed by atoms with E-state index in [2.05, 4.69) is 9.97 Å². The number of hydrogen-bond donors (Lipinski definition) is 3. The van der Waals surface area contributed by atoms with Gasteiger partial charge in [0.25, 0.3) is 0 Å². The number of imidazole rings is 1. The average Bonchev–Trinajstić information content (AvgIpc) is 3.12. The fourth-order valence-electron chi connectivity index (χ4n) is 2.55. The third-order valence-corrected chi connectivity index (χ3v) is 5.30. The molecule has 1 aliphatic rings. The van der Waals surface area contributed by atoms with E-state index in [1.165, 1.54) is 29.2 Å². The van der Waals surface area contributed by atoms with Crippen LogP contribution < -0.4 is 11.4 Å². The molecule has 3 heterocycles. The number of ether oxygens (including phenoxy) is 1. The Bertz CT molecular complexity index is 867. The summed E-state index contributed by atoms with van der Waals surface area (Å²) in [6.07, 6.45) is 1.61. The number of rotatable bonds is 5. The van der Waals surface area contributed by atoms with Crippen LogP contribution in [0.4, 0.5) is 5.82 Å². The van der Waals surface area contributed by atoms with Gasteiger partial charge in [-0.05, 0) is 13.0 Å². The molecule has 12 heteroatoms. The highest BCUT2D eigenvalue weighted by molar-refractivity contribution is 7.51. The standard InChI is InChI=1S/C13H18N5O6P/c1-8-15-3-5-18(8)25(21,22)23-7-10-9(19)6-12(24-10)17-4-2-11(14)16-13(17)20/h2-5,9-10,12,19H,6-7H2,1H3,(H,21,22)(H2,14,16,20)/t9-,10+,12+/m0/s1. The quantitative estimate of drug-likeness (QED) is 0.598. The van der Waals surface area contributed by atoms with Crippen molar-refractivity contribution in [2.75, 3.05) is 12.3 Å². The van der Waals surface area contributed by atoms with E-state index in [-0.39, 0.29) is 18.8 Å². The van der Waals surface area contributed by atoms with Gasteiger partial charge in [0.1, 0.15) is 24.0 Å². The SMILES string of the molecule is Cc1nccn1P(=O)(O)OC[C@H]1O[C@@H](n2ccc(N)nc2=O)C[C@@H]1O. The van der Waals surface area contributed by atoms with Crippen LogP contribution in [0.2, 0.25) is 0 Å². The molecular formula is C13H18N5O6P. The van der Waals surface area contributed by atoms with Crippen LogP contribution in [-0.4, -0.2) is 47.7 Å². The first-order valence-corrected chi connectivity index (χ1v) is 8.97. The number of nitrogen functional groups attached to an aromatic ring is 1. The second kappa shape index (κ2) is 6.70. The molecule has 3 rings (SSSR count). The third kappa shape index (κ3) is 3.65. The lowest BCUT2D eigenvalue weighted by Crippen LogP contribution is -2.28. The molecule has 4 N–H and O–H groups in total. The van der Waals surface area contributed by atoms with Crippen LogP contribution in [-0.2, 0) is 13.8 Å². The number of aromatic nitrogens is 4. The lowest BCUT2D eigenvalue weighted by Gasteiger charge is -2.19. The molecule has 0 aliphatic carbocycles. The van der Waals surface area contributed by atoms with Gasteiger partial charge in [0.15, 0.2) is 0 Å². The van der Waals surface area contributed by atoms with Crippen molar-refractivity contribution in [1.82, 2.24) is 18.9 Å². The van der Waals surface area contributed by atoms with E-state index in [9.17, 15) is 19.4 Å². The lowest BCUT2D eigenvalue weighted by atomic mass is 10.2.